The molecule has 1 N–H and O–H groups in total. The van der Waals surface area contributed by atoms with E-state index in [-0.39, 0.29) is 17.1 Å². The van der Waals surface area contributed by atoms with Gasteiger partial charge >= 0.3 is 6.18 Å². The van der Waals surface area contributed by atoms with Crippen LogP contribution in [-0.2, 0) is 11.6 Å². The van der Waals surface area contributed by atoms with Crippen LogP contribution in [0, 0.1) is 11.7 Å². The Bertz CT molecular complexity index is 868. The minimum Gasteiger partial charge on any atom is -0.351 e. The Balaban J connectivity index is 1.79. The van der Waals surface area contributed by atoms with Gasteiger partial charge in [-0.25, -0.2) is 14.4 Å². The van der Waals surface area contributed by atoms with Gasteiger partial charge in [0.15, 0.2) is 0 Å². The van der Waals surface area contributed by atoms with E-state index < -0.39 is 29.1 Å². The van der Waals surface area contributed by atoms with Gasteiger partial charge in [0, 0.05) is 24.4 Å². The number of benzene rings is 1. The lowest BCUT2D eigenvalue weighted by Gasteiger charge is -2.30. The molecule has 28 heavy (non-hydrogen) atoms. The number of carbonyl (C=O) groups excluding carboxylic acids is 1. The first kappa shape index (κ1) is 20.5. The summed E-state index contributed by atoms with van der Waals surface area (Å²) in [5.74, 6) is -2.03. The van der Waals surface area contributed by atoms with Crippen molar-refractivity contribution >= 4 is 17.5 Å². The van der Waals surface area contributed by atoms with Crippen molar-refractivity contribution < 1.29 is 22.4 Å². The van der Waals surface area contributed by atoms with E-state index in [0.29, 0.717) is 17.9 Å². The molecule has 2 aromatic rings. The number of hydrogen-bond acceptors (Lipinski definition) is 3. The molecular formula is C19H18ClF4N3O. The highest BCUT2D eigenvalue weighted by atomic mass is 35.5. The van der Waals surface area contributed by atoms with E-state index in [1.165, 1.54) is 12.1 Å². The number of nitrogens with zero attached hydrogens (tertiary/aromatic N) is 2. The van der Waals surface area contributed by atoms with Crippen LogP contribution in [0.15, 0.2) is 30.6 Å². The molecule has 9 heteroatoms. The van der Waals surface area contributed by atoms with Gasteiger partial charge in [-0.15, -0.1) is 0 Å². The molecule has 3 rings (SSSR count). The van der Waals surface area contributed by atoms with Crippen molar-refractivity contribution in [2.24, 2.45) is 5.92 Å². The van der Waals surface area contributed by atoms with Gasteiger partial charge < -0.3 is 5.32 Å². The van der Waals surface area contributed by atoms with Gasteiger partial charge in [-0.2, -0.15) is 13.2 Å². The van der Waals surface area contributed by atoms with Crippen LogP contribution < -0.4 is 5.32 Å². The number of hydrogen-bond donors (Lipinski definition) is 1. The Morgan fingerprint density at radius 2 is 1.89 bits per heavy atom. The molecule has 1 fully saturated rings. The van der Waals surface area contributed by atoms with Gasteiger partial charge in [0.05, 0.1) is 10.6 Å². The van der Waals surface area contributed by atoms with Gasteiger partial charge in [0.1, 0.15) is 5.82 Å². The Labute approximate surface area is 164 Å². The fourth-order valence-corrected chi connectivity index (χ4v) is 3.30. The monoisotopic (exact) mass is 415 g/mol. The number of nitrogens with one attached hydrogen (secondary N) is 1. The van der Waals surface area contributed by atoms with Gasteiger partial charge in [-0.3, -0.25) is 4.79 Å². The predicted octanol–water partition coefficient (Wildman–Crippen LogP) is 4.78. The van der Waals surface area contributed by atoms with E-state index in [1.807, 2.05) is 6.92 Å². The van der Waals surface area contributed by atoms with Crippen LogP contribution in [-0.4, -0.2) is 22.4 Å². The molecule has 0 aliphatic heterocycles. The quantitative estimate of drug-likeness (QED) is 0.691. The molecule has 1 aliphatic carbocycles. The first-order valence-electron chi connectivity index (χ1n) is 8.72. The lowest BCUT2D eigenvalue weighted by atomic mass is 9.79. The zero-order valence-corrected chi connectivity index (χ0v) is 15.7. The second kappa shape index (κ2) is 7.66. The normalized spacial score (nSPS) is 16.5. The lowest BCUT2D eigenvalue weighted by molar-refractivity contribution is -0.145. The maximum absolute atomic E-state index is 13.6. The van der Waals surface area contributed by atoms with Crippen molar-refractivity contribution in [2.45, 2.75) is 37.8 Å². The maximum Gasteiger partial charge on any atom is 0.451 e. The SMILES string of the molecule is CC(CNC(=O)c1cccc(F)c1Cl)(CC1CC1)c1cnc(C(F)(F)F)nc1. The number of rotatable bonds is 6. The molecule has 1 aliphatic rings. The molecule has 0 radical (unpaired) electrons. The van der Waals surface area contributed by atoms with E-state index in [4.69, 9.17) is 11.6 Å². The molecule has 1 heterocycles. The summed E-state index contributed by atoms with van der Waals surface area (Å²) in [7, 11) is 0. The van der Waals surface area contributed by atoms with Crippen LogP contribution in [0.2, 0.25) is 5.02 Å². The highest BCUT2D eigenvalue weighted by Gasteiger charge is 2.38. The molecule has 150 valence electrons. The van der Waals surface area contributed by atoms with E-state index >= 15 is 0 Å². The summed E-state index contributed by atoms with van der Waals surface area (Å²) in [5, 5.41) is 2.44. The Kier molecular flexibility index (Phi) is 5.61. The summed E-state index contributed by atoms with van der Waals surface area (Å²) in [5.41, 5.74) is -0.169. The van der Waals surface area contributed by atoms with E-state index in [9.17, 15) is 22.4 Å². The van der Waals surface area contributed by atoms with Crippen LogP contribution in [0.3, 0.4) is 0 Å². The molecule has 1 aromatic carbocycles. The molecule has 1 atom stereocenters. The third-order valence-corrected chi connectivity index (χ3v) is 5.26. The average Bonchev–Trinajstić information content (AvgIpc) is 3.45. The van der Waals surface area contributed by atoms with Gasteiger partial charge in [-0.05, 0) is 30.0 Å². The molecule has 1 saturated carbocycles. The van der Waals surface area contributed by atoms with E-state index in [1.54, 1.807) is 0 Å². The second-order valence-corrected chi connectivity index (χ2v) is 7.66. The molecule has 1 unspecified atom stereocenters. The van der Waals surface area contributed by atoms with Crippen LogP contribution in [0.25, 0.3) is 0 Å². The van der Waals surface area contributed by atoms with Crippen molar-refractivity contribution in [1.29, 1.82) is 0 Å². The molecule has 1 aromatic heterocycles. The van der Waals surface area contributed by atoms with Crippen molar-refractivity contribution in [1.82, 2.24) is 15.3 Å². The molecule has 0 saturated heterocycles. The van der Waals surface area contributed by atoms with Crippen LogP contribution >= 0.6 is 11.6 Å². The van der Waals surface area contributed by atoms with Crippen molar-refractivity contribution in [3.63, 3.8) is 0 Å². The van der Waals surface area contributed by atoms with Crippen LogP contribution in [0.5, 0.6) is 0 Å². The van der Waals surface area contributed by atoms with E-state index in [2.05, 4.69) is 15.3 Å². The van der Waals surface area contributed by atoms with Gasteiger partial charge in [0.2, 0.25) is 5.82 Å². The second-order valence-electron chi connectivity index (χ2n) is 7.29. The summed E-state index contributed by atoms with van der Waals surface area (Å²) in [6, 6.07) is 3.93. The van der Waals surface area contributed by atoms with Gasteiger partial charge in [0.25, 0.3) is 5.91 Å². The highest BCUT2D eigenvalue weighted by Crippen LogP contribution is 2.41. The minimum atomic E-state index is -4.62. The summed E-state index contributed by atoms with van der Waals surface area (Å²) in [4.78, 5) is 19.3. The highest BCUT2D eigenvalue weighted by molar-refractivity contribution is 6.34. The summed E-state index contributed by atoms with van der Waals surface area (Å²) in [6.07, 6.45) is 0.410. The van der Waals surface area contributed by atoms with Gasteiger partial charge in [-0.1, -0.05) is 37.4 Å². The topological polar surface area (TPSA) is 54.9 Å². The number of aromatic nitrogens is 2. The zero-order valence-electron chi connectivity index (χ0n) is 15.0. The minimum absolute atomic E-state index is 0.000826. The Morgan fingerprint density at radius 3 is 2.46 bits per heavy atom. The standard InChI is InChI=1S/C19H18ClF4N3O/c1-18(7-11-5-6-11,12-8-25-17(26-9-12)19(22,23)24)10-27-16(28)13-3-2-4-14(21)15(13)20/h2-4,8-9,11H,5-7,10H2,1H3,(H,27,28). The number of carbonyl (C=O) groups is 1. The number of halogens is 5. The average molecular weight is 416 g/mol. The molecule has 1 amide bonds. The van der Waals surface area contributed by atoms with Crippen molar-refractivity contribution in [2.75, 3.05) is 6.54 Å². The number of amides is 1. The summed E-state index contributed by atoms with van der Waals surface area (Å²) < 4.78 is 51.7. The first-order chi connectivity index (χ1) is 13.1. The fourth-order valence-electron chi connectivity index (χ4n) is 3.09. The first-order valence-corrected chi connectivity index (χ1v) is 9.10. The number of alkyl halides is 3. The summed E-state index contributed by atoms with van der Waals surface area (Å²) in [6.45, 7) is 1.97. The third kappa shape index (κ3) is 4.60. The van der Waals surface area contributed by atoms with Crippen molar-refractivity contribution in [3.05, 3.63) is 58.4 Å². The largest absolute Gasteiger partial charge is 0.451 e. The Morgan fingerprint density at radius 1 is 1.25 bits per heavy atom. The maximum atomic E-state index is 13.6. The third-order valence-electron chi connectivity index (χ3n) is 4.87. The lowest BCUT2D eigenvalue weighted by Crippen LogP contribution is -2.39. The van der Waals surface area contributed by atoms with Crippen LogP contribution in [0.1, 0.15) is 47.9 Å². The summed E-state index contributed by atoms with van der Waals surface area (Å²) >= 11 is 5.85. The Hall–Kier alpha value is -2.22. The van der Waals surface area contributed by atoms with Crippen molar-refractivity contribution in [3.8, 4) is 0 Å². The molecule has 0 spiro atoms. The van der Waals surface area contributed by atoms with Crippen LogP contribution in [0.4, 0.5) is 17.6 Å². The molecule has 0 bridgehead atoms. The molecule has 4 nitrogen and oxygen atoms in total. The smallest absolute Gasteiger partial charge is 0.351 e. The zero-order chi connectivity index (χ0) is 20.5. The predicted molar refractivity (Wildman–Crippen MR) is 95.5 cm³/mol. The fraction of sp³-hybridized carbons (Fsp3) is 0.421. The van der Waals surface area contributed by atoms with E-state index in [0.717, 1.165) is 31.3 Å². The molecular weight excluding hydrogens is 398 g/mol.